The average Bonchev–Trinajstić information content (AvgIpc) is 3.15. The van der Waals surface area contributed by atoms with Crippen molar-refractivity contribution in [3.63, 3.8) is 0 Å². The van der Waals surface area contributed by atoms with E-state index >= 15 is 0 Å². The van der Waals surface area contributed by atoms with Crippen LogP contribution in [0.2, 0.25) is 0 Å². The van der Waals surface area contributed by atoms with Gasteiger partial charge < -0.3 is 15.5 Å². The lowest BCUT2D eigenvalue weighted by atomic mass is 10.0. The van der Waals surface area contributed by atoms with Gasteiger partial charge in [-0.15, -0.1) is 0 Å². The van der Waals surface area contributed by atoms with Crippen molar-refractivity contribution >= 4 is 5.91 Å². The molecule has 0 aliphatic carbocycles. The number of rotatable bonds is 41. The number of nitrogens with one attached hydrogen (secondary N) is 1. The van der Waals surface area contributed by atoms with E-state index in [1.54, 1.807) is 6.08 Å². The van der Waals surface area contributed by atoms with Gasteiger partial charge in [0, 0.05) is 6.42 Å². The van der Waals surface area contributed by atoms with Gasteiger partial charge in [0.15, 0.2) is 0 Å². The molecule has 0 rings (SSSR count). The van der Waals surface area contributed by atoms with E-state index < -0.39 is 12.1 Å². The summed E-state index contributed by atoms with van der Waals surface area (Å²) in [7, 11) is 0. The largest absolute Gasteiger partial charge is 0.394 e. The summed E-state index contributed by atoms with van der Waals surface area (Å²) in [6, 6.07) is -0.647. The molecule has 0 saturated carbocycles. The molecule has 4 nitrogen and oxygen atoms in total. The predicted octanol–water partition coefficient (Wildman–Crippen LogP) is 14.4. The van der Waals surface area contributed by atoms with E-state index in [4.69, 9.17) is 0 Å². The minimum Gasteiger partial charge on any atom is -0.394 e. The van der Waals surface area contributed by atoms with Crippen molar-refractivity contribution in [1.29, 1.82) is 0 Å². The minimum atomic E-state index is -0.871. The first-order valence-electron chi connectivity index (χ1n) is 22.9. The third kappa shape index (κ3) is 39.6. The van der Waals surface area contributed by atoms with Crippen LogP contribution < -0.4 is 5.32 Å². The Labute approximate surface area is 324 Å². The van der Waals surface area contributed by atoms with Crippen molar-refractivity contribution in [3.8, 4) is 0 Å². The third-order valence-corrected chi connectivity index (χ3v) is 10.3. The van der Waals surface area contributed by atoms with Crippen LogP contribution in [-0.2, 0) is 4.79 Å². The average molecular weight is 728 g/mol. The van der Waals surface area contributed by atoms with Gasteiger partial charge in [-0.25, -0.2) is 0 Å². The lowest BCUT2D eigenvalue weighted by Crippen LogP contribution is -2.45. The molecule has 1 amide bonds. The SMILES string of the molecule is CCCCCCCC/C=C/CC/C=C/CC/C=C/C(O)C(CO)NC(=O)CCCCCCCCCC/C=C\CCCCCCCCCCCCCC. The van der Waals surface area contributed by atoms with E-state index in [2.05, 4.69) is 55.6 Å². The van der Waals surface area contributed by atoms with E-state index in [1.165, 1.54) is 173 Å². The maximum absolute atomic E-state index is 12.4. The summed E-state index contributed by atoms with van der Waals surface area (Å²) in [5, 5.41) is 23.0. The summed E-state index contributed by atoms with van der Waals surface area (Å²) in [4.78, 5) is 12.4. The Kier molecular flexibility index (Phi) is 42.4. The van der Waals surface area contributed by atoms with Gasteiger partial charge in [0.05, 0.1) is 18.8 Å². The highest BCUT2D eigenvalue weighted by Gasteiger charge is 2.17. The Balaban J connectivity index is 3.60. The summed E-state index contributed by atoms with van der Waals surface area (Å²) in [6.07, 6.45) is 59.4. The van der Waals surface area contributed by atoms with Crippen molar-refractivity contribution in [2.75, 3.05) is 6.61 Å². The molecule has 2 atom stereocenters. The highest BCUT2D eigenvalue weighted by molar-refractivity contribution is 5.76. The van der Waals surface area contributed by atoms with E-state index in [-0.39, 0.29) is 12.5 Å². The van der Waals surface area contributed by atoms with E-state index in [1.807, 2.05) is 6.08 Å². The molecule has 0 heterocycles. The lowest BCUT2D eigenvalue weighted by Gasteiger charge is -2.19. The number of carbonyl (C=O) groups is 1. The second kappa shape index (κ2) is 43.8. The summed E-state index contributed by atoms with van der Waals surface area (Å²) in [6.45, 7) is 4.29. The highest BCUT2D eigenvalue weighted by atomic mass is 16.3. The zero-order chi connectivity index (χ0) is 37.8. The fourth-order valence-corrected chi connectivity index (χ4v) is 6.73. The maximum atomic E-state index is 12.4. The molecule has 0 spiro atoms. The molecule has 3 N–H and O–H groups in total. The van der Waals surface area contributed by atoms with Gasteiger partial charge in [0.2, 0.25) is 5.91 Å². The van der Waals surface area contributed by atoms with Crippen molar-refractivity contribution in [3.05, 3.63) is 48.6 Å². The third-order valence-electron chi connectivity index (χ3n) is 10.3. The number of aliphatic hydroxyl groups is 2. The van der Waals surface area contributed by atoms with Crippen LogP contribution in [-0.4, -0.2) is 34.9 Å². The van der Waals surface area contributed by atoms with Crippen LogP contribution in [0.3, 0.4) is 0 Å². The molecular weight excluding hydrogens is 639 g/mol. The Morgan fingerprint density at radius 2 is 0.750 bits per heavy atom. The van der Waals surface area contributed by atoms with Crippen LogP contribution in [0, 0.1) is 0 Å². The van der Waals surface area contributed by atoms with Gasteiger partial charge in [0.25, 0.3) is 0 Å². The quantitative estimate of drug-likeness (QED) is 0.0434. The predicted molar refractivity (Wildman–Crippen MR) is 230 cm³/mol. The first-order valence-corrected chi connectivity index (χ1v) is 22.9. The van der Waals surface area contributed by atoms with Crippen LogP contribution in [0.25, 0.3) is 0 Å². The molecule has 2 unspecified atom stereocenters. The van der Waals surface area contributed by atoms with Crippen molar-refractivity contribution in [1.82, 2.24) is 5.32 Å². The smallest absolute Gasteiger partial charge is 0.220 e. The number of allylic oxidation sites excluding steroid dienone is 7. The molecule has 0 radical (unpaired) electrons. The molecule has 52 heavy (non-hydrogen) atoms. The zero-order valence-corrected chi connectivity index (χ0v) is 34.8. The zero-order valence-electron chi connectivity index (χ0n) is 34.8. The highest BCUT2D eigenvalue weighted by Crippen LogP contribution is 2.14. The Hall–Kier alpha value is -1.65. The normalized spacial score (nSPS) is 13.4. The molecule has 0 aliphatic rings. The van der Waals surface area contributed by atoms with Gasteiger partial charge in [-0.3, -0.25) is 4.79 Å². The number of amides is 1. The second-order valence-corrected chi connectivity index (χ2v) is 15.4. The number of aliphatic hydroxyl groups excluding tert-OH is 2. The number of unbranched alkanes of at least 4 members (excludes halogenated alkanes) is 28. The Morgan fingerprint density at radius 1 is 0.442 bits per heavy atom. The van der Waals surface area contributed by atoms with Crippen molar-refractivity contribution in [2.45, 2.75) is 244 Å². The van der Waals surface area contributed by atoms with E-state index in [0.29, 0.717) is 6.42 Å². The summed E-state index contributed by atoms with van der Waals surface area (Å²) in [5.74, 6) is -0.0812. The molecule has 4 heteroatoms. The molecule has 304 valence electrons. The van der Waals surface area contributed by atoms with Gasteiger partial charge in [0.1, 0.15) is 0 Å². The number of hydrogen-bond acceptors (Lipinski definition) is 3. The van der Waals surface area contributed by atoms with Crippen LogP contribution in [0.4, 0.5) is 0 Å². The molecular formula is C48H89NO3. The van der Waals surface area contributed by atoms with Crippen LogP contribution >= 0.6 is 0 Å². The minimum absolute atomic E-state index is 0.0812. The Morgan fingerprint density at radius 3 is 1.12 bits per heavy atom. The summed E-state index contributed by atoms with van der Waals surface area (Å²) in [5.41, 5.74) is 0. The van der Waals surface area contributed by atoms with Gasteiger partial charge in [-0.2, -0.15) is 0 Å². The van der Waals surface area contributed by atoms with Gasteiger partial charge in [-0.05, 0) is 70.6 Å². The van der Waals surface area contributed by atoms with E-state index in [0.717, 1.165) is 38.5 Å². The summed E-state index contributed by atoms with van der Waals surface area (Å²) >= 11 is 0. The van der Waals surface area contributed by atoms with Crippen molar-refractivity contribution in [2.24, 2.45) is 0 Å². The standard InChI is InChI=1S/C48H89NO3/c1-3-5-7-9-11-13-15-17-19-21-22-23-24-25-26-27-28-30-32-34-36-38-40-42-44-48(52)49-46(45-50)47(51)43-41-39-37-35-33-31-29-20-18-16-14-12-10-8-6-4-2/h18,20,25-26,33,35,41,43,46-47,50-51H,3-17,19,21-24,27-32,34,36-40,42,44-45H2,1-2H3,(H,49,52)/b20-18+,26-25-,35-33+,43-41+. The molecule has 0 bridgehead atoms. The molecule has 0 aromatic heterocycles. The molecule has 0 fully saturated rings. The first kappa shape index (κ1) is 50.4. The van der Waals surface area contributed by atoms with Gasteiger partial charge >= 0.3 is 0 Å². The first-order chi connectivity index (χ1) is 25.7. The van der Waals surface area contributed by atoms with Gasteiger partial charge in [-0.1, -0.05) is 204 Å². The van der Waals surface area contributed by atoms with Crippen LogP contribution in [0.1, 0.15) is 232 Å². The Bertz CT molecular complexity index is 831. The topological polar surface area (TPSA) is 69.6 Å². The second-order valence-electron chi connectivity index (χ2n) is 15.4. The number of hydrogen-bond donors (Lipinski definition) is 3. The fraction of sp³-hybridized carbons (Fsp3) is 0.812. The lowest BCUT2D eigenvalue weighted by molar-refractivity contribution is -0.123. The number of carbonyl (C=O) groups excluding carboxylic acids is 1. The molecule has 0 aromatic rings. The van der Waals surface area contributed by atoms with Crippen LogP contribution in [0.5, 0.6) is 0 Å². The van der Waals surface area contributed by atoms with Crippen LogP contribution in [0.15, 0.2) is 48.6 Å². The van der Waals surface area contributed by atoms with E-state index in [9.17, 15) is 15.0 Å². The molecule has 0 saturated heterocycles. The summed E-state index contributed by atoms with van der Waals surface area (Å²) < 4.78 is 0. The fourth-order valence-electron chi connectivity index (χ4n) is 6.73. The van der Waals surface area contributed by atoms with Crippen molar-refractivity contribution < 1.29 is 15.0 Å². The molecule has 0 aromatic carbocycles. The molecule has 0 aliphatic heterocycles. The maximum Gasteiger partial charge on any atom is 0.220 e. The monoisotopic (exact) mass is 728 g/mol.